The van der Waals surface area contributed by atoms with E-state index in [1.165, 1.54) is 25.3 Å². The Morgan fingerprint density at radius 3 is 2.88 bits per heavy atom. The van der Waals surface area contributed by atoms with Gasteiger partial charge >= 0.3 is 0 Å². The van der Waals surface area contributed by atoms with E-state index in [0.29, 0.717) is 11.6 Å². The maximum atomic E-state index is 13.3. The monoisotopic (exact) mass is 230 g/mol. The summed E-state index contributed by atoms with van der Waals surface area (Å²) in [4.78, 5) is 2.43. The van der Waals surface area contributed by atoms with E-state index in [9.17, 15) is 4.39 Å². The molecule has 1 aromatic carbocycles. The standard InChI is InChI=1S/C14H15FN2/c15-13-4-11(7-16)3-12(5-13)9-17-8-10-1-2-14(17)6-10/h3-5,10,14H,1-2,6,8-9H2. The quantitative estimate of drug-likeness (QED) is 0.781. The van der Waals surface area contributed by atoms with E-state index in [4.69, 9.17) is 5.26 Å². The fourth-order valence-electron chi connectivity index (χ4n) is 3.26. The number of fused-ring (bicyclic) bond motifs is 2. The van der Waals surface area contributed by atoms with Gasteiger partial charge in [0.1, 0.15) is 5.82 Å². The number of halogens is 1. The summed E-state index contributed by atoms with van der Waals surface area (Å²) in [5.74, 6) is 0.549. The summed E-state index contributed by atoms with van der Waals surface area (Å²) < 4.78 is 13.3. The Labute approximate surface area is 101 Å². The lowest BCUT2D eigenvalue weighted by Gasteiger charge is -2.26. The number of piperidine rings is 1. The smallest absolute Gasteiger partial charge is 0.124 e. The molecule has 0 radical (unpaired) electrons. The van der Waals surface area contributed by atoms with Crippen LogP contribution in [0.25, 0.3) is 0 Å². The second kappa shape index (κ2) is 4.12. The molecule has 1 aromatic rings. The summed E-state index contributed by atoms with van der Waals surface area (Å²) in [7, 11) is 0. The van der Waals surface area contributed by atoms with Crippen molar-refractivity contribution >= 4 is 0 Å². The summed E-state index contributed by atoms with van der Waals surface area (Å²) in [6.07, 6.45) is 3.94. The molecule has 2 atom stereocenters. The van der Waals surface area contributed by atoms with Crippen LogP contribution in [0.3, 0.4) is 0 Å². The fraction of sp³-hybridized carbons (Fsp3) is 0.500. The van der Waals surface area contributed by atoms with Crippen LogP contribution in [0.4, 0.5) is 4.39 Å². The van der Waals surface area contributed by atoms with Crippen molar-refractivity contribution in [2.24, 2.45) is 5.92 Å². The highest BCUT2D eigenvalue weighted by Gasteiger charge is 2.37. The van der Waals surface area contributed by atoms with E-state index in [-0.39, 0.29) is 5.82 Å². The Hall–Kier alpha value is -1.40. The predicted molar refractivity (Wildman–Crippen MR) is 62.7 cm³/mol. The third-order valence-corrected chi connectivity index (χ3v) is 3.99. The second-order valence-corrected chi connectivity index (χ2v) is 5.22. The molecule has 0 N–H and O–H groups in total. The summed E-state index contributed by atoms with van der Waals surface area (Å²) in [5.41, 5.74) is 1.35. The van der Waals surface area contributed by atoms with Crippen molar-refractivity contribution in [3.63, 3.8) is 0 Å². The number of rotatable bonds is 2. The van der Waals surface area contributed by atoms with Crippen molar-refractivity contribution in [1.82, 2.24) is 4.90 Å². The zero-order chi connectivity index (χ0) is 11.8. The predicted octanol–water partition coefficient (Wildman–Crippen LogP) is 2.68. The van der Waals surface area contributed by atoms with Crippen LogP contribution in [-0.4, -0.2) is 17.5 Å². The van der Waals surface area contributed by atoms with Crippen LogP contribution in [0, 0.1) is 23.1 Å². The average molecular weight is 230 g/mol. The summed E-state index contributed by atoms with van der Waals surface area (Å²) in [6, 6.07) is 7.34. The molecule has 17 heavy (non-hydrogen) atoms. The van der Waals surface area contributed by atoms with Crippen LogP contribution >= 0.6 is 0 Å². The normalized spacial score (nSPS) is 27.3. The third-order valence-electron chi connectivity index (χ3n) is 3.99. The van der Waals surface area contributed by atoms with Crippen molar-refractivity contribution in [2.75, 3.05) is 6.54 Å². The van der Waals surface area contributed by atoms with Gasteiger partial charge in [0.05, 0.1) is 11.6 Å². The van der Waals surface area contributed by atoms with Gasteiger partial charge in [0.25, 0.3) is 0 Å². The minimum absolute atomic E-state index is 0.302. The molecule has 88 valence electrons. The first-order valence-corrected chi connectivity index (χ1v) is 6.18. The van der Waals surface area contributed by atoms with E-state index in [0.717, 1.165) is 24.6 Å². The van der Waals surface area contributed by atoms with Crippen molar-refractivity contribution < 1.29 is 4.39 Å². The van der Waals surface area contributed by atoms with Gasteiger partial charge in [0, 0.05) is 19.1 Å². The van der Waals surface area contributed by atoms with Gasteiger partial charge in [0.15, 0.2) is 0 Å². The first kappa shape index (κ1) is 10.7. The van der Waals surface area contributed by atoms with Gasteiger partial charge in [-0.1, -0.05) is 0 Å². The second-order valence-electron chi connectivity index (χ2n) is 5.22. The van der Waals surface area contributed by atoms with Crippen LogP contribution < -0.4 is 0 Å². The zero-order valence-corrected chi connectivity index (χ0v) is 9.69. The van der Waals surface area contributed by atoms with Gasteiger partial charge in [-0.15, -0.1) is 0 Å². The molecule has 2 unspecified atom stereocenters. The van der Waals surface area contributed by atoms with E-state index < -0.39 is 0 Å². The number of hydrogen-bond acceptors (Lipinski definition) is 2. The molecular formula is C14H15FN2. The lowest BCUT2D eigenvalue weighted by Crippen LogP contribution is -2.31. The molecule has 0 aromatic heterocycles. The van der Waals surface area contributed by atoms with E-state index in [1.807, 2.05) is 6.07 Å². The summed E-state index contributed by atoms with van der Waals surface area (Å²) in [5, 5.41) is 8.82. The molecule has 1 saturated heterocycles. The van der Waals surface area contributed by atoms with Gasteiger partial charge in [0.2, 0.25) is 0 Å². The minimum Gasteiger partial charge on any atom is -0.296 e. The van der Waals surface area contributed by atoms with Crippen molar-refractivity contribution in [3.8, 4) is 6.07 Å². The number of hydrogen-bond donors (Lipinski definition) is 0. The highest BCUT2D eigenvalue weighted by molar-refractivity contribution is 5.33. The Kier molecular flexibility index (Phi) is 2.60. The van der Waals surface area contributed by atoms with Gasteiger partial charge in [-0.25, -0.2) is 4.39 Å². The molecule has 1 aliphatic carbocycles. The molecular weight excluding hydrogens is 215 g/mol. The number of nitriles is 1. The first-order valence-electron chi connectivity index (χ1n) is 6.18. The topological polar surface area (TPSA) is 27.0 Å². The maximum absolute atomic E-state index is 13.3. The van der Waals surface area contributed by atoms with Crippen LogP contribution in [0.1, 0.15) is 30.4 Å². The molecule has 3 rings (SSSR count). The molecule has 2 bridgehead atoms. The molecule has 2 aliphatic rings. The molecule has 0 spiro atoms. The largest absolute Gasteiger partial charge is 0.296 e. The van der Waals surface area contributed by atoms with E-state index in [1.54, 1.807) is 12.1 Å². The van der Waals surface area contributed by atoms with Gasteiger partial charge in [-0.05, 0) is 48.9 Å². The van der Waals surface area contributed by atoms with Crippen LogP contribution in [0.5, 0.6) is 0 Å². The van der Waals surface area contributed by atoms with Gasteiger partial charge < -0.3 is 0 Å². The Morgan fingerprint density at radius 2 is 2.24 bits per heavy atom. The molecule has 0 amide bonds. The van der Waals surface area contributed by atoms with E-state index in [2.05, 4.69) is 4.90 Å². The SMILES string of the molecule is N#Cc1cc(F)cc(CN2CC3CCC2C3)c1. The lowest BCUT2D eigenvalue weighted by atomic mass is 10.1. The highest BCUT2D eigenvalue weighted by Crippen LogP contribution is 2.38. The molecule has 3 heteroatoms. The number of nitrogens with zero attached hydrogens (tertiary/aromatic N) is 2. The molecule has 2 nitrogen and oxygen atoms in total. The van der Waals surface area contributed by atoms with Crippen LogP contribution in [-0.2, 0) is 6.54 Å². The fourth-order valence-corrected chi connectivity index (χ4v) is 3.26. The Morgan fingerprint density at radius 1 is 1.35 bits per heavy atom. The number of likely N-dealkylation sites (tertiary alicyclic amines) is 1. The molecule has 1 saturated carbocycles. The Bertz CT molecular complexity index is 478. The van der Waals surface area contributed by atoms with Crippen molar-refractivity contribution in [2.45, 2.75) is 31.8 Å². The van der Waals surface area contributed by atoms with E-state index >= 15 is 0 Å². The summed E-state index contributed by atoms with van der Waals surface area (Å²) >= 11 is 0. The minimum atomic E-state index is -0.302. The van der Waals surface area contributed by atoms with Gasteiger partial charge in [-0.2, -0.15) is 5.26 Å². The summed E-state index contributed by atoms with van der Waals surface area (Å²) in [6.45, 7) is 1.93. The van der Waals surface area contributed by atoms with Gasteiger partial charge in [-0.3, -0.25) is 4.90 Å². The lowest BCUT2D eigenvalue weighted by molar-refractivity contribution is 0.205. The van der Waals surface area contributed by atoms with Crippen molar-refractivity contribution in [1.29, 1.82) is 5.26 Å². The highest BCUT2D eigenvalue weighted by atomic mass is 19.1. The first-order chi connectivity index (χ1) is 8.24. The van der Waals surface area contributed by atoms with Crippen LogP contribution in [0.15, 0.2) is 18.2 Å². The molecule has 1 heterocycles. The Balaban J connectivity index is 1.77. The van der Waals surface area contributed by atoms with Crippen LogP contribution in [0.2, 0.25) is 0 Å². The third kappa shape index (κ3) is 2.05. The average Bonchev–Trinajstić information content (AvgIpc) is 2.90. The van der Waals surface area contributed by atoms with Crippen molar-refractivity contribution in [3.05, 3.63) is 35.1 Å². The molecule has 1 aliphatic heterocycles. The zero-order valence-electron chi connectivity index (χ0n) is 9.69. The maximum Gasteiger partial charge on any atom is 0.124 e. The number of benzene rings is 1. The molecule has 2 fully saturated rings.